The summed E-state index contributed by atoms with van der Waals surface area (Å²) in [4.78, 5) is 12.5. The molecule has 2 aromatic carbocycles. The lowest BCUT2D eigenvalue weighted by Gasteiger charge is -2.28. The van der Waals surface area contributed by atoms with Crippen molar-refractivity contribution in [1.82, 2.24) is 9.62 Å². The Kier molecular flexibility index (Phi) is 6.98. The van der Waals surface area contributed by atoms with E-state index >= 15 is 0 Å². The number of hydrogen-bond donors (Lipinski definition) is 1. The van der Waals surface area contributed by atoms with Crippen LogP contribution in [0.2, 0.25) is 5.02 Å². The minimum atomic E-state index is -4.23. The van der Waals surface area contributed by atoms with Crippen LogP contribution in [0, 0.1) is 0 Å². The van der Waals surface area contributed by atoms with Crippen LogP contribution in [0.5, 0.6) is 5.75 Å². The van der Waals surface area contributed by atoms with Gasteiger partial charge in [-0.2, -0.15) is 12.7 Å². The molecule has 1 aliphatic heterocycles. The summed E-state index contributed by atoms with van der Waals surface area (Å²) in [6, 6.07) is 12.5. The topological polar surface area (TPSA) is 75.7 Å². The molecule has 1 heterocycles. The molecule has 28 heavy (non-hydrogen) atoms. The predicted molar refractivity (Wildman–Crippen MR) is 111 cm³/mol. The molecule has 1 saturated heterocycles. The first-order valence-corrected chi connectivity index (χ1v) is 11.4. The molecule has 2 aromatic rings. The van der Waals surface area contributed by atoms with Crippen molar-refractivity contribution in [2.75, 3.05) is 6.54 Å². The standard InChI is InChI=1S/C19H20BrClN2O4S/c20-15-6-4-14(5-7-15)13-23(18-3-1-2-12-22-19(18)24)28(25,26)27-17-10-8-16(21)9-11-17/h4-11,18H,1-3,12-13H2,(H,22,24)/t18-/m1/s1. The highest BCUT2D eigenvalue weighted by atomic mass is 79.9. The van der Waals surface area contributed by atoms with E-state index in [0.717, 1.165) is 27.2 Å². The van der Waals surface area contributed by atoms with Crippen molar-refractivity contribution in [2.24, 2.45) is 0 Å². The van der Waals surface area contributed by atoms with Gasteiger partial charge in [0, 0.05) is 22.6 Å². The highest BCUT2D eigenvalue weighted by Crippen LogP contribution is 2.24. The molecule has 1 N–H and O–H groups in total. The SMILES string of the molecule is O=C1NCCCC[C@H]1N(Cc1ccc(Br)cc1)S(=O)(=O)Oc1ccc(Cl)cc1. The van der Waals surface area contributed by atoms with Gasteiger partial charge in [0.2, 0.25) is 5.91 Å². The third-order valence-electron chi connectivity index (χ3n) is 4.41. The zero-order valence-corrected chi connectivity index (χ0v) is 18.1. The summed E-state index contributed by atoms with van der Waals surface area (Å²) in [5, 5.41) is 3.26. The number of carbonyl (C=O) groups is 1. The molecule has 0 spiro atoms. The smallest absolute Gasteiger partial charge is 0.371 e. The van der Waals surface area contributed by atoms with Crippen molar-refractivity contribution in [3.05, 3.63) is 63.6 Å². The predicted octanol–water partition coefficient (Wildman–Crippen LogP) is 3.90. The summed E-state index contributed by atoms with van der Waals surface area (Å²) in [7, 11) is -4.23. The zero-order chi connectivity index (χ0) is 20.1. The van der Waals surface area contributed by atoms with Crippen LogP contribution < -0.4 is 9.50 Å². The molecule has 9 heteroatoms. The maximum atomic E-state index is 13.1. The third kappa shape index (κ3) is 5.47. The van der Waals surface area contributed by atoms with Crippen LogP contribution in [-0.2, 0) is 21.6 Å². The maximum absolute atomic E-state index is 13.1. The summed E-state index contributed by atoms with van der Waals surface area (Å²) < 4.78 is 33.5. The summed E-state index contributed by atoms with van der Waals surface area (Å²) in [5.41, 5.74) is 0.753. The van der Waals surface area contributed by atoms with E-state index in [4.69, 9.17) is 15.8 Å². The van der Waals surface area contributed by atoms with Gasteiger partial charge in [-0.3, -0.25) is 4.79 Å². The van der Waals surface area contributed by atoms with Gasteiger partial charge in [-0.1, -0.05) is 39.7 Å². The summed E-state index contributed by atoms with van der Waals surface area (Å²) in [6.07, 6.45) is 1.99. The third-order valence-corrected chi connectivity index (χ3v) is 6.55. The van der Waals surface area contributed by atoms with E-state index in [0.29, 0.717) is 18.0 Å². The highest BCUT2D eigenvalue weighted by Gasteiger charge is 2.37. The number of nitrogens with zero attached hydrogens (tertiary/aromatic N) is 1. The molecule has 0 bridgehead atoms. The molecule has 1 fully saturated rings. The van der Waals surface area contributed by atoms with E-state index in [1.165, 1.54) is 12.1 Å². The van der Waals surface area contributed by atoms with Crippen LogP contribution in [-0.4, -0.2) is 31.2 Å². The molecule has 0 radical (unpaired) electrons. The second-order valence-electron chi connectivity index (χ2n) is 6.47. The molecule has 150 valence electrons. The van der Waals surface area contributed by atoms with Crippen LogP contribution in [0.4, 0.5) is 0 Å². The number of benzene rings is 2. The highest BCUT2D eigenvalue weighted by molar-refractivity contribution is 9.10. The molecule has 1 atom stereocenters. The monoisotopic (exact) mass is 486 g/mol. The second-order valence-corrected chi connectivity index (χ2v) is 9.31. The number of rotatable bonds is 6. The Labute approximate surface area is 178 Å². The Bertz CT molecular complexity index is 920. The fourth-order valence-corrected chi connectivity index (χ4v) is 4.63. The number of carbonyl (C=O) groups excluding carboxylic acids is 1. The number of nitrogens with one attached hydrogen (secondary N) is 1. The minimum absolute atomic E-state index is 0.0291. The maximum Gasteiger partial charge on any atom is 0.386 e. The number of halogens is 2. The van der Waals surface area contributed by atoms with Gasteiger partial charge in [-0.05, 0) is 61.2 Å². The van der Waals surface area contributed by atoms with Gasteiger partial charge in [0.1, 0.15) is 11.8 Å². The molecule has 0 unspecified atom stereocenters. The fraction of sp³-hybridized carbons (Fsp3) is 0.316. The van der Waals surface area contributed by atoms with Crippen molar-refractivity contribution < 1.29 is 17.4 Å². The first-order chi connectivity index (χ1) is 13.3. The number of hydrogen-bond acceptors (Lipinski definition) is 4. The van der Waals surface area contributed by atoms with Gasteiger partial charge in [-0.15, -0.1) is 0 Å². The second kappa shape index (κ2) is 9.26. The average molecular weight is 488 g/mol. The van der Waals surface area contributed by atoms with E-state index in [2.05, 4.69) is 21.2 Å². The quantitative estimate of drug-likeness (QED) is 0.670. The van der Waals surface area contributed by atoms with Crippen LogP contribution in [0.1, 0.15) is 24.8 Å². The van der Waals surface area contributed by atoms with Gasteiger partial charge in [0.15, 0.2) is 0 Å². The molecular formula is C19H20BrClN2O4S. The number of amides is 1. The van der Waals surface area contributed by atoms with Gasteiger partial charge in [-0.25, -0.2) is 0 Å². The molecule has 0 saturated carbocycles. The lowest BCUT2D eigenvalue weighted by Crippen LogP contribution is -2.49. The van der Waals surface area contributed by atoms with Gasteiger partial charge in [0.05, 0.1) is 0 Å². The normalized spacial score (nSPS) is 17.8. The molecular weight excluding hydrogens is 468 g/mol. The molecule has 1 amide bonds. The van der Waals surface area contributed by atoms with E-state index < -0.39 is 16.3 Å². The Morgan fingerprint density at radius 2 is 1.79 bits per heavy atom. The van der Waals surface area contributed by atoms with Crippen LogP contribution in [0.3, 0.4) is 0 Å². The van der Waals surface area contributed by atoms with Gasteiger partial charge < -0.3 is 9.50 Å². The van der Waals surface area contributed by atoms with E-state index in [1.54, 1.807) is 12.1 Å². The van der Waals surface area contributed by atoms with E-state index in [-0.39, 0.29) is 18.2 Å². The molecule has 0 aliphatic carbocycles. The summed E-state index contributed by atoms with van der Waals surface area (Å²) in [6.45, 7) is 0.570. The van der Waals surface area contributed by atoms with Crippen molar-refractivity contribution in [1.29, 1.82) is 0 Å². The largest absolute Gasteiger partial charge is 0.386 e. The molecule has 0 aromatic heterocycles. The van der Waals surface area contributed by atoms with Crippen LogP contribution >= 0.6 is 27.5 Å². The first-order valence-electron chi connectivity index (χ1n) is 8.84. The van der Waals surface area contributed by atoms with Crippen LogP contribution in [0.25, 0.3) is 0 Å². The molecule has 1 aliphatic rings. The molecule has 6 nitrogen and oxygen atoms in total. The minimum Gasteiger partial charge on any atom is -0.371 e. The lowest BCUT2D eigenvalue weighted by molar-refractivity contribution is -0.124. The van der Waals surface area contributed by atoms with Gasteiger partial charge in [0.25, 0.3) is 0 Å². The van der Waals surface area contributed by atoms with E-state index in [9.17, 15) is 13.2 Å². The Morgan fingerprint density at radius 3 is 2.46 bits per heavy atom. The fourth-order valence-electron chi connectivity index (χ4n) is 2.97. The van der Waals surface area contributed by atoms with Crippen molar-refractivity contribution >= 4 is 43.7 Å². The Hall–Kier alpha value is -1.61. The van der Waals surface area contributed by atoms with Gasteiger partial charge >= 0.3 is 10.3 Å². The average Bonchev–Trinajstić information content (AvgIpc) is 2.87. The van der Waals surface area contributed by atoms with E-state index in [1.807, 2.05) is 24.3 Å². The van der Waals surface area contributed by atoms with Crippen molar-refractivity contribution in [3.8, 4) is 5.75 Å². The van der Waals surface area contributed by atoms with Crippen LogP contribution in [0.15, 0.2) is 53.0 Å². The summed E-state index contributed by atoms with van der Waals surface area (Å²) in [5.74, 6) is -0.169. The summed E-state index contributed by atoms with van der Waals surface area (Å²) >= 11 is 9.22. The Morgan fingerprint density at radius 1 is 1.11 bits per heavy atom. The lowest BCUT2D eigenvalue weighted by atomic mass is 10.1. The van der Waals surface area contributed by atoms with Crippen molar-refractivity contribution in [3.63, 3.8) is 0 Å². The van der Waals surface area contributed by atoms with Crippen molar-refractivity contribution in [2.45, 2.75) is 31.8 Å². The first kappa shape index (κ1) is 21.1. The molecule has 3 rings (SSSR count). The zero-order valence-electron chi connectivity index (χ0n) is 15.0. The Balaban J connectivity index is 1.92.